The number of nitrogens with one attached hydrogen (secondary N) is 2. The fraction of sp³-hybridized carbons (Fsp3) is 0.500. The van der Waals surface area contributed by atoms with Crippen LogP contribution in [0.4, 0.5) is 0 Å². The van der Waals surface area contributed by atoms with Crippen molar-refractivity contribution in [3.63, 3.8) is 0 Å². The first-order valence-electron chi connectivity index (χ1n) is 8.78. The van der Waals surface area contributed by atoms with Crippen LogP contribution >= 0.6 is 21.6 Å². The smallest absolute Gasteiger partial charge is 0.220 e. The van der Waals surface area contributed by atoms with Gasteiger partial charge in [-0.2, -0.15) is 5.10 Å². The molecule has 0 unspecified atom stereocenters. The van der Waals surface area contributed by atoms with Gasteiger partial charge < -0.3 is 5.32 Å². The van der Waals surface area contributed by atoms with Gasteiger partial charge in [-0.3, -0.25) is 9.89 Å². The summed E-state index contributed by atoms with van der Waals surface area (Å²) in [5, 5.41) is 10.7. The first kappa shape index (κ1) is 18.3. The van der Waals surface area contributed by atoms with E-state index in [1.807, 2.05) is 51.9 Å². The fourth-order valence-corrected chi connectivity index (χ4v) is 5.98. The van der Waals surface area contributed by atoms with Gasteiger partial charge in [0.2, 0.25) is 5.91 Å². The molecule has 134 valence electrons. The van der Waals surface area contributed by atoms with Gasteiger partial charge in [-0.25, -0.2) is 4.98 Å². The minimum atomic E-state index is -0.0802. The second-order valence-electron chi connectivity index (χ2n) is 6.24. The largest absolute Gasteiger partial charge is 0.349 e. The van der Waals surface area contributed by atoms with E-state index in [9.17, 15) is 4.79 Å². The van der Waals surface area contributed by atoms with Crippen molar-refractivity contribution >= 4 is 27.5 Å². The molecule has 1 aromatic carbocycles. The lowest BCUT2D eigenvalue weighted by Crippen LogP contribution is -2.30. The zero-order valence-corrected chi connectivity index (χ0v) is 15.8. The standard InChI is InChI=1S/C18H24N4OS2/c23-18(9-5-4-8-15-10-11-24-25-15)21-16(12-17-19-13-20-22-17)14-6-2-1-3-7-14/h1-3,6-7,13,15-16H,4-5,8-12H2,(H,21,23)(H,19,20,22)/t15-,16-/m0/s1. The Labute approximate surface area is 156 Å². The summed E-state index contributed by atoms with van der Waals surface area (Å²) >= 11 is 0. The highest BCUT2D eigenvalue weighted by molar-refractivity contribution is 8.77. The van der Waals surface area contributed by atoms with E-state index in [-0.39, 0.29) is 11.9 Å². The Hall–Kier alpha value is -1.47. The second kappa shape index (κ2) is 9.87. The Kier molecular flexibility index (Phi) is 7.23. The van der Waals surface area contributed by atoms with E-state index in [0.29, 0.717) is 12.8 Å². The molecule has 1 aliphatic rings. The second-order valence-corrected chi connectivity index (χ2v) is 9.03. The normalized spacial score (nSPS) is 18.2. The van der Waals surface area contributed by atoms with E-state index in [2.05, 4.69) is 20.5 Å². The molecule has 7 heteroatoms. The van der Waals surface area contributed by atoms with Gasteiger partial charge in [0.15, 0.2) is 0 Å². The van der Waals surface area contributed by atoms with Crippen LogP contribution in [0.2, 0.25) is 0 Å². The predicted molar refractivity (Wildman–Crippen MR) is 104 cm³/mol. The number of nitrogens with zero attached hydrogens (tertiary/aromatic N) is 2. The summed E-state index contributed by atoms with van der Waals surface area (Å²) in [6, 6.07) is 9.96. The zero-order valence-electron chi connectivity index (χ0n) is 14.2. The molecule has 2 aromatic rings. The highest BCUT2D eigenvalue weighted by Crippen LogP contribution is 2.39. The Bertz CT molecular complexity index is 630. The highest BCUT2D eigenvalue weighted by Gasteiger charge is 2.18. The molecule has 2 atom stereocenters. The number of hydrogen-bond acceptors (Lipinski definition) is 5. The van der Waals surface area contributed by atoms with Gasteiger partial charge in [0.05, 0.1) is 6.04 Å². The Morgan fingerprint density at radius 1 is 1.32 bits per heavy atom. The van der Waals surface area contributed by atoms with E-state index in [4.69, 9.17) is 0 Å². The maximum absolute atomic E-state index is 12.4. The van der Waals surface area contributed by atoms with Gasteiger partial charge in [-0.05, 0) is 24.8 Å². The van der Waals surface area contributed by atoms with Gasteiger partial charge in [0.1, 0.15) is 12.2 Å². The van der Waals surface area contributed by atoms with Crippen molar-refractivity contribution in [3.05, 3.63) is 48.0 Å². The van der Waals surface area contributed by atoms with E-state index >= 15 is 0 Å². The molecule has 0 spiro atoms. The van der Waals surface area contributed by atoms with Crippen LogP contribution in [-0.4, -0.2) is 32.1 Å². The average molecular weight is 377 g/mol. The quantitative estimate of drug-likeness (QED) is 0.513. The summed E-state index contributed by atoms with van der Waals surface area (Å²) in [6.45, 7) is 0. The molecule has 0 aliphatic carbocycles. The Morgan fingerprint density at radius 2 is 2.20 bits per heavy atom. The predicted octanol–water partition coefficient (Wildman–Crippen LogP) is 3.92. The van der Waals surface area contributed by atoms with E-state index in [1.165, 1.54) is 24.9 Å². The average Bonchev–Trinajstić information content (AvgIpc) is 3.33. The number of unbranched alkanes of at least 4 members (excludes halogenated alkanes) is 1. The van der Waals surface area contributed by atoms with Crippen molar-refractivity contribution < 1.29 is 4.79 Å². The number of benzene rings is 1. The molecule has 25 heavy (non-hydrogen) atoms. The molecule has 0 bridgehead atoms. The van der Waals surface area contributed by atoms with E-state index < -0.39 is 0 Å². The Morgan fingerprint density at radius 3 is 2.92 bits per heavy atom. The molecule has 0 radical (unpaired) electrons. The van der Waals surface area contributed by atoms with Crippen LogP contribution in [0.15, 0.2) is 36.7 Å². The van der Waals surface area contributed by atoms with Crippen molar-refractivity contribution in [1.29, 1.82) is 0 Å². The molecule has 1 amide bonds. The van der Waals surface area contributed by atoms with Crippen molar-refractivity contribution in [2.75, 3.05) is 5.75 Å². The molecule has 1 aromatic heterocycles. The van der Waals surface area contributed by atoms with Crippen LogP contribution in [-0.2, 0) is 11.2 Å². The van der Waals surface area contributed by atoms with Crippen molar-refractivity contribution in [3.8, 4) is 0 Å². The monoisotopic (exact) mass is 376 g/mol. The zero-order chi connectivity index (χ0) is 17.3. The maximum Gasteiger partial charge on any atom is 0.220 e. The van der Waals surface area contributed by atoms with Crippen molar-refractivity contribution in [1.82, 2.24) is 20.5 Å². The van der Waals surface area contributed by atoms with Crippen LogP contribution in [0.3, 0.4) is 0 Å². The van der Waals surface area contributed by atoms with Crippen molar-refractivity contribution in [2.45, 2.75) is 49.8 Å². The van der Waals surface area contributed by atoms with Gasteiger partial charge in [-0.1, -0.05) is 58.3 Å². The summed E-state index contributed by atoms with van der Waals surface area (Å²) in [6.07, 6.45) is 7.33. The fourth-order valence-electron chi connectivity index (χ4n) is 2.95. The summed E-state index contributed by atoms with van der Waals surface area (Å²) < 4.78 is 0. The minimum Gasteiger partial charge on any atom is -0.349 e. The number of aromatic nitrogens is 3. The summed E-state index contributed by atoms with van der Waals surface area (Å²) in [5.74, 6) is 2.17. The first-order chi connectivity index (χ1) is 12.3. The van der Waals surface area contributed by atoms with Gasteiger partial charge in [-0.15, -0.1) is 0 Å². The lowest BCUT2D eigenvalue weighted by Gasteiger charge is -2.18. The number of hydrogen-bond donors (Lipinski definition) is 2. The van der Waals surface area contributed by atoms with Crippen LogP contribution in [0.25, 0.3) is 0 Å². The van der Waals surface area contributed by atoms with Gasteiger partial charge in [0.25, 0.3) is 0 Å². The summed E-state index contributed by atoms with van der Waals surface area (Å²) in [4.78, 5) is 16.6. The number of aromatic amines is 1. The van der Waals surface area contributed by atoms with Crippen LogP contribution in [0.5, 0.6) is 0 Å². The van der Waals surface area contributed by atoms with Crippen LogP contribution in [0, 0.1) is 0 Å². The molecule has 1 aliphatic heterocycles. The van der Waals surface area contributed by atoms with Gasteiger partial charge in [0, 0.05) is 23.8 Å². The molecule has 5 nitrogen and oxygen atoms in total. The molecular weight excluding hydrogens is 352 g/mol. The molecule has 3 rings (SSSR count). The summed E-state index contributed by atoms with van der Waals surface area (Å²) in [5.41, 5.74) is 1.09. The van der Waals surface area contributed by atoms with Gasteiger partial charge >= 0.3 is 0 Å². The molecule has 1 saturated heterocycles. The topological polar surface area (TPSA) is 70.7 Å². The molecule has 2 heterocycles. The number of H-pyrrole nitrogens is 1. The number of rotatable bonds is 9. The lowest BCUT2D eigenvalue weighted by atomic mass is 10.0. The number of carbonyl (C=O) groups excluding carboxylic acids is 1. The van der Waals surface area contributed by atoms with Crippen LogP contribution in [0.1, 0.15) is 49.5 Å². The molecule has 2 N–H and O–H groups in total. The van der Waals surface area contributed by atoms with E-state index in [1.54, 1.807) is 0 Å². The molecule has 1 fully saturated rings. The minimum absolute atomic E-state index is 0.0802. The third-order valence-electron chi connectivity index (χ3n) is 4.31. The molecule has 0 saturated carbocycles. The molecular formula is C18H24N4OS2. The van der Waals surface area contributed by atoms with E-state index in [0.717, 1.165) is 29.5 Å². The third-order valence-corrected chi connectivity index (χ3v) is 7.31. The van der Waals surface area contributed by atoms with Crippen molar-refractivity contribution in [2.24, 2.45) is 0 Å². The van der Waals surface area contributed by atoms with Crippen LogP contribution < -0.4 is 5.32 Å². The lowest BCUT2D eigenvalue weighted by molar-refractivity contribution is -0.122. The number of amides is 1. The number of carbonyl (C=O) groups is 1. The third kappa shape index (κ3) is 6.08. The highest BCUT2D eigenvalue weighted by atomic mass is 33.1. The first-order valence-corrected chi connectivity index (χ1v) is 11.2. The summed E-state index contributed by atoms with van der Waals surface area (Å²) in [7, 11) is 3.99. The Balaban J connectivity index is 1.47. The SMILES string of the molecule is O=C(CCCC[C@H]1CCSS1)N[C@@H](Cc1ncn[nH]1)c1ccccc1. The maximum atomic E-state index is 12.4.